The van der Waals surface area contributed by atoms with Crippen molar-refractivity contribution >= 4 is 5.91 Å². The molecule has 0 aromatic carbocycles. The highest BCUT2D eigenvalue weighted by molar-refractivity contribution is 5.82. The molecule has 2 saturated heterocycles. The van der Waals surface area contributed by atoms with E-state index in [9.17, 15) is 4.79 Å². The molecule has 4 heteroatoms. The number of nitrogens with zero attached hydrogens (tertiary/aromatic N) is 2. The number of amides is 1. The van der Waals surface area contributed by atoms with E-state index in [1.54, 1.807) is 0 Å². The highest BCUT2D eigenvalue weighted by Gasteiger charge is 2.41. The van der Waals surface area contributed by atoms with E-state index in [-0.39, 0.29) is 18.2 Å². The smallest absolute Gasteiger partial charge is 0.240 e. The molecule has 1 amide bonds. The van der Waals surface area contributed by atoms with Crippen molar-refractivity contribution in [3.8, 4) is 0 Å². The molecule has 2 aliphatic heterocycles. The molecule has 2 fully saturated rings. The predicted octanol–water partition coefficient (Wildman–Crippen LogP) is 3.47. The summed E-state index contributed by atoms with van der Waals surface area (Å²) in [4.78, 5) is 18.1. The Bertz CT molecular complexity index is 494. The van der Waals surface area contributed by atoms with Crippen molar-refractivity contribution in [1.82, 2.24) is 9.80 Å². The van der Waals surface area contributed by atoms with Gasteiger partial charge in [-0.25, -0.2) is 0 Å². The third kappa shape index (κ3) is 4.28. The average molecular weight is 349 g/mol. The molecule has 0 saturated carbocycles. The molecule has 142 valence electrons. The summed E-state index contributed by atoms with van der Waals surface area (Å²) in [7, 11) is 0. The number of likely N-dealkylation sites (tertiary alicyclic amines) is 1. The quantitative estimate of drug-likeness (QED) is 0.732. The average Bonchev–Trinajstić information content (AvgIpc) is 2.54. The Labute approximate surface area is 153 Å². The molecule has 0 radical (unpaired) electrons. The molecule has 0 unspecified atom stereocenters. The van der Waals surface area contributed by atoms with Gasteiger partial charge >= 0.3 is 0 Å². The summed E-state index contributed by atoms with van der Waals surface area (Å²) < 4.78 is 5.89. The molecule has 1 spiro atoms. The Hall–Kier alpha value is -0.870. The SMILES string of the molecule is CC(C)[C@@H](C(=O)N1CCC[C@]2(CC=CCC2)C1)N1C[C@@H](C)O[C@H](C)C1. The highest BCUT2D eigenvalue weighted by atomic mass is 16.5. The minimum absolute atomic E-state index is 0.0110. The Balaban J connectivity index is 1.73. The minimum Gasteiger partial charge on any atom is -0.373 e. The van der Waals surface area contributed by atoms with Crippen LogP contribution in [0.5, 0.6) is 0 Å². The lowest BCUT2D eigenvalue weighted by atomic mass is 9.71. The maximum absolute atomic E-state index is 13.5. The fraction of sp³-hybridized carbons (Fsp3) is 0.857. The molecule has 3 aliphatic rings. The lowest BCUT2D eigenvalue weighted by molar-refractivity contribution is -0.149. The summed E-state index contributed by atoms with van der Waals surface area (Å²) >= 11 is 0. The van der Waals surface area contributed by atoms with Crippen LogP contribution in [0.2, 0.25) is 0 Å². The van der Waals surface area contributed by atoms with E-state index in [1.807, 2.05) is 0 Å². The van der Waals surface area contributed by atoms with Crippen LogP contribution in [0.3, 0.4) is 0 Å². The van der Waals surface area contributed by atoms with Crippen molar-refractivity contribution in [2.75, 3.05) is 26.2 Å². The standard InChI is InChI=1S/C21H36N2O2/c1-16(2)19(23-13-17(3)25-18(4)14-23)20(24)22-12-8-11-21(15-22)9-6-5-7-10-21/h5-6,16-19H,7-15H2,1-4H3/t17-,18-,19+,21-/m1/s1. The molecule has 4 atom stereocenters. The van der Waals surface area contributed by atoms with Gasteiger partial charge in [0.05, 0.1) is 18.2 Å². The maximum Gasteiger partial charge on any atom is 0.240 e. The van der Waals surface area contributed by atoms with Crippen molar-refractivity contribution in [2.45, 2.75) is 78.0 Å². The van der Waals surface area contributed by atoms with Crippen molar-refractivity contribution in [3.05, 3.63) is 12.2 Å². The van der Waals surface area contributed by atoms with E-state index in [2.05, 4.69) is 49.6 Å². The third-order valence-corrected chi connectivity index (χ3v) is 6.26. The van der Waals surface area contributed by atoms with Crippen molar-refractivity contribution < 1.29 is 9.53 Å². The van der Waals surface area contributed by atoms with Crippen LogP contribution in [-0.4, -0.2) is 60.1 Å². The molecule has 3 rings (SSSR count). The molecule has 0 aromatic heterocycles. The third-order valence-electron chi connectivity index (χ3n) is 6.26. The first-order chi connectivity index (χ1) is 11.9. The summed E-state index contributed by atoms with van der Waals surface area (Å²) in [5.74, 6) is 0.680. The van der Waals surface area contributed by atoms with E-state index in [0.717, 1.165) is 39.0 Å². The summed E-state index contributed by atoms with van der Waals surface area (Å²) in [6.45, 7) is 12.2. The van der Waals surface area contributed by atoms with Gasteiger partial charge in [0.2, 0.25) is 5.91 Å². The first-order valence-corrected chi connectivity index (χ1v) is 10.2. The second kappa shape index (κ2) is 7.79. The number of ether oxygens (including phenoxy) is 1. The molecule has 25 heavy (non-hydrogen) atoms. The fourth-order valence-electron chi connectivity index (χ4n) is 5.20. The largest absolute Gasteiger partial charge is 0.373 e. The van der Waals surface area contributed by atoms with E-state index in [1.165, 1.54) is 19.3 Å². The van der Waals surface area contributed by atoms with Gasteiger partial charge in [0.1, 0.15) is 0 Å². The van der Waals surface area contributed by atoms with Gasteiger partial charge in [-0.05, 0) is 57.3 Å². The minimum atomic E-state index is -0.0110. The number of carbonyl (C=O) groups is 1. The number of rotatable bonds is 3. The summed E-state index contributed by atoms with van der Waals surface area (Å²) in [6.07, 6.45) is 11.0. The number of carbonyl (C=O) groups excluding carboxylic acids is 1. The first kappa shape index (κ1) is 18.9. The molecule has 2 heterocycles. The molecule has 0 N–H and O–H groups in total. The van der Waals surface area contributed by atoms with Gasteiger partial charge in [0, 0.05) is 26.2 Å². The lowest BCUT2D eigenvalue weighted by Gasteiger charge is -2.47. The Kier molecular flexibility index (Phi) is 5.89. The van der Waals surface area contributed by atoms with Crippen molar-refractivity contribution in [3.63, 3.8) is 0 Å². The monoisotopic (exact) mass is 348 g/mol. The summed E-state index contributed by atoms with van der Waals surface area (Å²) in [5, 5.41) is 0. The van der Waals surface area contributed by atoms with Crippen LogP contribution in [0.1, 0.15) is 59.8 Å². The Morgan fingerprint density at radius 1 is 1.16 bits per heavy atom. The Morgan fingerprint density at radius 3 is 2.48 bits per heavy atom. The molecule has 0 bridgehead atoms. The molecule has 4 nitrogen and oxygen atoms in total. The number of hydrogen-bond donors (Lipinski definition) is 0. The van der Waals surface area contributed by atoms with E-state index < -0.39 is 0 Å². The topological polar surface area (TPSA) is 32.8 Å². The number of hydrogen-bond acceptors (Lipinski definition) is 3. The van der Waals surface area contributed by atoms with Crippen LogP contribution in [0.4, 0.5) is 0 Å². The number of allylic oxidation sites excluding steroid dienone is 2. The highest BCUT2D eigenvalue weighted by Crippen LogP contribution is 2.41. The van der Waals surface area contributed by atoms with Gasteiger partial charge in [0.15, 0.2) is 0 Å². The van der Waals surface area contributed by atoms with Crippen LogP contribution in [0.15, 0.2) is 12.2 Å². The van der Waals surface area contributed by atoms with E-state index in [0.29, 0.717) is 17.2 Å². The van der Waals surface area contributed by atoms with Gasteiger partial charge in [-0.1, -0.05) is 26.0 Å². The molecular formula is C21H36N2O2. The van der Waals surface area contributed by atoms with Gasteiger partial charge in [-0.3, -0.25) is 9.69 Å². The Morgan fingerprint density at radius 2 is 1.88 bits per heavy atom. The van der Waals surface area contributed by atoms with Gasteiger partial charge in [-0.2, -0.15) is 0 Å². The van der Waals surface area contributed by atoms with Crippen LogP contribution in [0.25, 0.3) is 0 Å². The molecular weight excluding hydrogens is 312 g/mol. The van der Waals surface area contributed by atoms with Crippen molar-refractivity contribution in [1.29, 1.82) is 0 Å². The van der Waals surface area contributed by atoms with Gasteiger partial charge in [-0.15, -0.1) is 0 Å². The van der Waals surface area contributed by atoms with Gasteiger partial charge < -0.3 is 9.64 Å². The van der Waals surface area contributed by atoms with E-state index in [4.69, 9.17) is 4.74 Å². The molecule has 1 aliphatic carbocycles. The van der Waals surface area contributed by atoms with E-state index >= 15 is 0 Å². The summed E-state index contributed by atoms with van der Waals surface area (Å²) in [6, 6.07) is -0.0110. The second-order valence-corrected chi connectivity index (χ2v) is 8.98. The maximum atomic E-state index is 13.5. The zero-order chi connectivity index (χ0) is 18.0. The van der Waals surface area contributed by atoms with Crippen LogP contribution in [-0.2, 0) is 9.53 Å². The van der Waals surface area contributed by atoms with Gasteiger partial charge in [0.25, 0.3) is 0 Å². The summed E-state index contributed by atoms with van der Waals surface area (Å²) in [5.41, 5.74) is 0.343. The molecule has 0 aromatic rings. The number of piperidine rings is 1. The normalized spacial score (nSPS) is 35.3. The predicted molar refractivity (Wildman–Crippen MR) is 101 cm³/mol. The number of morpholine rings is 1. The lowest BCUT2D eigenvalue weighted by Crippen LogP contribution is -2.59. The first-order valence-electron chi connectivity index (χ1n) is 10.2. The zero-order valence-electron chi connectivity index (χ0n) is 16.5. The fourth-order valence-corrected chi connectivity index (χ4v) is 5.20. The van der Waals surface area contributed by atoms with Crippen molar-refractivity contribution in [2.24, 2.45) is 11.3 Å². The zero-order valence-corrected chi connectivity index (χ0v) is 16.5. The second-order valence-electron chi connectivity index (χ2n) is 8.98. The van der Waals surface area contributed by atoms with Crippen LogP contribution in [0, 0.1) is 11.3 Å². The van der Waals surface area contributed by atoms with Crippen LogP contribution < -0.4 is 0 Å². The van der Waals surface area contributed by atoms with Crippen LogP contribution >= 0.6 is 0 Å².